The first kappa shape index (κ1) is 18.5. The van der Waals surface area contributed by atoms with E-state index < -0.39 is 0 Å². The second-order valence-corrected chi connectivity index (χ2v) is 5.93. The zero-order valence-corrected chi connectivity index (χ0v) is 15.1. The number of benzene rings is 2. The highest BCUT2D eigenvalue weighted by atomic mass is 35.5. The number of para-hydroxylation sites is 1. The van der Waals surface area contributed by atoms with E-state index >= 15 is 0 Å². The van der Waals surface area contributed by atoms with Crippen molar-refractivity contribution in [1.82, 2.24) is 9.97 Å². The van der Waals surface area contributed by atoms with Crippen LogP contribution in [0.5, 0.6) is 0 Å². The van der Waals surface area contributed by atoms with Crippen LogP contribution in [0, 0.1) is 10.1 Å². The summed E-state index contributed by atoms with van der Waals surface area (Å²) >= 11 is 0. The summed E-state index contributed by atoms with van der Waals surface area (Å²) in [6.07, 6.45) is 2.48. The van der Waals surface area contributed by atoms with Gasteiger partial charge in [-0.25, -0.2) is 4.98 Å². The molecule has 0 amide bonds. The lowest BCUT2D eigenvalue weighted by Gasteiger charge is -2.13. The van der Waals surface area contributed by atoms with Crippen LogP contribution in [0.1, 0.15) is 5.69 Å². The third-order valence-corrected chi connectivity index (χ3v) is 4.29. The Bertz CT molecular complexity index is 1100. The van der Waals surface area contributed by atoms with Gasteiger partial charge < -0.3 is 5.32 Å². The molecule has 2 aromatic carbocycles. The van der Waals surface area contributed by atoms with E-state index in [-0.39, 0.29) is 23.0 Å². The number of anilines is 1. The maximum Gasteiger partial charge on any atom is 0.280 e. The smallest absolute Gasteiger partial charge is 0.280 e. The summed E-state index contributed by atoms with van der Waals surface area (Å²) in [6, 6.07) is 18.5. The molecule has 0 aliphatic rings. The fraction of sp³-hybridized carbons (Fsp3) is 0.100. The second-order valence-electron chi connectivity index (χ2n) is 5.93. The van der Waals surface area contributed by atoms with E-state index in [0.717, 1.165) is 28.7 Å². The molecule has 4 rings (SSSR count). The van der Waals surface area contributed by atoms with Crippen molar-refractivity contribution in [1.29, 1.82) is 0 Å². The molecule has 0 saturated heterocycles. The first-order chi connectivity index (χ1) is 12.7. The van der Waals surface area contributed by atoms with E-state index in [0.29, 0.717) is 17.4 Å². The number of hydrogen-bond acceptors (Lipinski definition) is 5. The third kappa shape index (κ3) is 3.66. The Morgan fingerprint density at radius 2 is 1.74 bits per heavy atom. The number of nitro benzene ring substituents is 1. The maximum absolute atomic E-state index is 11.5. The van der Waals surface area contributed by atoms with Crippen LogP contribution in [-0.4, -0.2) is 21.4 Å². The summed E-state index contributed by atoms with van der Waals surface area (Å²) in [5.74, 6) is 0. The predicted molar refractivity (Wildman–Crippen MR) is 110 cm³/mol. The Kier molecular flexibility index (Phi) is 5.47. The molecule has 0 aliphatic heterocycles. The predicted octanol–water partition coefficient (Wildman–Crippen LogP) is 4.77. The molecule has 27 heavy (non-hydrogen) atoms. The molecule has 0 radical (unpaired) electrons. The monoisotopic (exact) mass is 380 g/mol. The standard InChI is InChI=1S/C20H16N4O2.ClH/c25-24(26)18-10-5-9-17-19(18)20(15-7-1-2-8-16(15)23-17)22-13-11-14-6-3-4-12-21-14;/h1-10,12H,11,13H2,(H,22,23);1H. The average Bonchev–Trinajstić information content (AvgIpc) is 2.67. The Labute approximate surface area is 161 Å². The lowest BCUT2D eigenvalue weighted by molar-refractivity contribution is -0.383. The molecule has 2 aromatic heterocycles. The van der Waals surface area contributed by atoms with Crippen molar-refractivity contribution in [2.45, 2.75) is 6.42 Å². The summed E-state index contributed by atoms with van der Waals surface area (Å²) in [5, 5.41) is 16.3. The van der Waals surface area contributed by atoms with E-state index in [2.05, 4.69) is 15.3 Å². The number of nitro groups is 1. The van der Waals surface area contributed by atoms with Crippen LogP contribution in [0.4, 0.5) is 11.4 Å². The largest absolute Gasteiger partial charge is 0.383 e. The van der Waals surface area contributed by atoms with Crippen molar-refractivity contribution < 1.29 is 4.92 Å². The molecule has 0 aliphatic carbocycles. The summed E-state index contributed by atoms with van der Waals surface area (Å²) < 4.78 is 0. The first-order valence-electron chi connectivity index (χ1n) is 8.33. The summed E-state index contributed by atoms with van der Waals surface area (Å²) in [6.45, 7) is 0.617. The molecular formula is C20H17ClN4O2. The number of aromatic nitrogens is 2. The highest BCUT2D eigenvalue weighted by molar-refractivity contribution is 6.11. The average molecular weight is 381 g/mol. The number of nitrogens with zero attached hydrogens (tertiary/aromatic N) is 3. The van der Waals surface area contributed by atoms with E-state index in [1.54, 1.807) is 18.3 Å². The SMILES string of the molecule is Cl.O=[N+]([O-])c1cccc2nc3ccccc3c(NCCc3ccccn3)c12. The van der Waals surface area contributed by atoms with Gasteiger partial charge in [-0.15, -0.1) is 12.4 Å². The van der Waals surface area contributed by atoms with Crippen molar-refractivity contribution in [3.63, 3.8) is 0 Å². The van der Waals surface area contributed by atoms with Gasteiger partial charge >= 0.3 is 0 Å². The normalized spacial score (nSPS) is 10.5. The van der Waals surface area contributed by atoms with Crippen LogP contribution < -0.4 is 5.32 Å². The van der Waals surface area contributed by atoms with Crippen LogP contribution in [0.15, 0.2) is 66.9 Å². The fourth-order valence-electron chi connectivity index (χ4n) is 3.12. The minimum absolute atomic E-state index is 0. The van der Waals surface area contributed by atoms with Gasteiger partial charge in [-0.2, -0.15) is 0 Å². The fourth-order valence-corrected chi connectivity index (χ4v) is 3.12. The van der Waals surface area contributed by atoms with Gasteiger partial charge in [0.05, 0.1) is 21.6 Å². The molecule has 0 atom stereocenters. The molecule has 0 unspecified atom stereocenters. The van der Waals surface area contributed by atoms with Crippen LogP contribution >= 0.6 is 12.4 Å². The summed E-state index contributed by atoms with van der Waals surface area (Å²) in [7, 11) is 0. The molecule has 0 spiro atoms. The Morgan fingerprint density at radius 3 is 2.52 bits per heavy atom. The van der Waals surface area contributed by atoms with Crippen molar-refractivity contribution >= 4 is 45.6 Å². The van der Waals surface area contributed by atoms with Crippen molar-refractivity contribution in [3.05, 3.63) is 82.7 Å². The van der Waals surface area contributed by atoms with Gasteiger partial charge in [-0.1, -0.05) is 30.3 Å². The molecule has 4 aromatic rings. The van der Waals surface area contributed by atoms with Gasteiger partial charge in [-0.3, -0.25) is 15.1 Å². The number of halogens is 1. The van der Waals surface area contributed by atoms with Crippen molar-refractivity contribution in [2.24, 2.45) is 0 Å². The molecule has 6 nitrogen and oxygen atoms in total. The summed E-state index contributed by atoms with van der Waals surface area (Å²) in [5.41, 5.74) is 3.19. The number of fused-ring (bicyclic) bond motifs is 2. The highest BCUT2D eigenvalue weighted by Gasteiger charge is 2.18. The quantitative estimate of drug-likeness (QED) is 0.306. The molecular weight excluding hydrogens is 364 g/mol. The van der Waals surface area contributed by atoms with E-state index in [4.69, 9.17) is 0 Å². The van der Waals surface area contributed by atoms with Crippen LogP contribution in [0.2, 0.25) is 0 Å². The highest BCUT2D eigenvalue weighted by Crippen LogP contribution is 2.36. The molecule has 1 N–H and O–H groups in total. The minimum atomic E-state index is -0.358. The molecule has 0 saturated carbocycles. The molecule has 0 fully saturated rings. The molecule has 136 valence electrons. The van der Waals surface area contributed by atoms with Gasteiger partial charge in [0.15, 0.2) is 0 Å². The number of rotatable bonds is 5. The first-order valence-corrected chi connectivity index (χ1v) is 8.33. The summed E-state index contributed by atoms with van der Waals surface area (Å²) in [4.78, 5) is 20.1. The van der Waals surface area contributed by atoms with Crippen LogP contribution in [0.3, 0.4) is 0 Å². The van der Waals surface area contributed by atoms with Gasteiger partial charge in [0, 0.05) is 36.3 Å². The van der Waals surface area contributed by atoms with Crippen LogP contribution in [-0.2, 0) is 6.42 Å². The zero-order valence-electron chi connectivity index (χ0n) is 14.3. The number of nitrogens with one attached hydrogen (secondary N) is 1. The van der Waals surface area contributed by atoms with Crippen molar-refractivity contribution in [3.8, 4) is 0 Å². The molecule has 7 heteroatoms. The zero-order chi connectivity index (χ0) is 17.9. The Hall–Kier alpha value is -3.25. The van der Waals surface area contributed by atoms with Gasteiger partial charge in [-0.05, 0) is 24.3 Å². The van der Waals surface area contributed by atoms with Gasteiger partial charge in [0.2, 0.25) is 0 Å². The Morgan fingerprint density at radius 1 is 0.963 bits per heavy atom. The maximum atomic E-state index is 11.5. The van der Waals surface area contributed by atoms with E-state index in [9.17, 15) is 10.1 Å². The second kappa shape index (κ2) is 7.97. The van der Waals surface area contributed by atoms with E-state index in [1.165, 1.54) is 6.07 Å². The number of hydrogen-bond donors (Lipinski definition) is 1. The topological polar surface area (TPSA) is 81.0 Å². The Balaban J connectivity index is 0.00000210. The van der Waals surface area contributed by atoms with Gasteiger partial charge in [0.25, 0.3) is 5.69 Å². The van der Waals surface area contributed by atoms with Crippen LogP contribution in [0.25, 0.3) is 21.8 Å². The third-order valence-electron chi connectivity index (χ3n) is 4.29. The van der Waals surface area contributed by atoms with E-state index in [1.807, 2.05) is 42.5 Å². The lowest BCUT2D eigenvalue weighted by Crippen LogP contribution is -2.08. The number of non-ortho nitro benzene ring substituents is 1. The molecule has 2 heterocycles. The molecule has 0 bridgehead atoms. The van der Waals surface area contributed by atoms with Crippen molar-refractivity contribution in [2.75, 3.05) is 11.9 Å². The van der Waals surface area contributed by atoms with Gasteiger partial charge in [0.1, 0.15) is 5.39 Å². The number of pyridine rings is 2. The lowest BCUT2D eigenvalue weighted by atomic mass is 10.1. The minimum Gasteiger partial charge on any atom is -0.383 e.